The molecule has 0 spiro atoms. The topological polar surface area (TPSA) is 20.2 Å². The van der Waals surface area contributed by atoms with E-state index in [-0.39, 0.29) is 35.7 Å². The molecule has 1 N–H and O–H groups in total. The van der Waals surface area contributed by atoms with Crippen molar-refractivity contribution < 1.29 is 5.11 Å². The molecule has 0 aromatic heterocycles. The van der Waals surface area contributed by atoms with Gasteiger partial charge in [-0.05, 0) is 13.8 Å². The Hall–Kier alpha value is 1.96. The molecule has 0 amide bonds. The molecule has 0 saturated carbocycles. The van der Waals surface area contributed by atoms with Crippen LogP contribution >= 0.6 is 0 Å². The fourth-order valence-electron chi connectivity index (χ4n) is 0.500. The van der Waals surface area contributed by atoms with Gasteiger partial charge in [-0.15, -0.1) is 0 Å². The van der Waals surface area contributed by atoms with E-state index in [1.54, 1.807) is 13.8 Å². The Morgan fingerprint density at radius 2 is 1.64 bits per heavy atom. The summed E-state index contributed by atoms with van der Waals surface area (Å²) in [7, 11) is 0. The molecule has 0 bridgehead atoms. The van der Waals surface area contributed by atoms with Crippen molar-refractivity contribution in [1.29, 1.82) is 0 Å². The summed E-state index contributed by atoms with van der Waals surface area (Å²) in [6, 6.07) is 0. The molecule has 60 valence electrons. The molecule has 0 saturated heterocycles. The summed E-state index contributed by atoms with van der Waals surface area (Å²) in [6.07, 6.45) is 4.13. The van der Waals surface area contributed by atoms with E-state index in [4.69, 9.17) is 5.11 Å². The first-order valence-corrected chi connectivity index (χ1v) is 5.74. The van der Waals surface area contributed by atoms with E-state index in [1.807, 2.05) is 0 Å². The number of unbranched alkanes of at least 4 members (excludes halogenated alkanes) is 2. The predicted octanol–water partition coefficient (Wildman–Crippen LogP) is 1.50. The Balaban J connectivity index is -0.000000114. The summed E-state index contributed by atoms with van der Waals surface area (Å²) in [5.74, 6) is 0. The van der Waals surface area contributed by atoms with Crippen molar-refractivity contribution in [3.63, 3.8) is 0 Å². The average molecular weight is 178 g/mol. The molecule has 0 fully saturated rings. The zero-order chi connectivity index (χ0) is 8.41. The minimum absolute atomic E-state index is 0. The van der Waals surface area contributed by atoms with Crippen LogP contribution < -0.4 is 0 Å². The first kappa shape index (κ1) is 18.7. The number of hydrogen-bond donors (Lipinski definition) is 1. The van der Waals surface area contributed by atoms with Crippen molar-refractivity contribution in [3.8, 4) is 0 Å². The van der Waals surface area contributed by atoms with Gasteiger partial charge in [0.25, 0.3) is 0 Å². The van der Waals surface area contributed by atoms with Crippen LogP contribution in [0.1, 0.15) is 40.0 Å². The molecular formula is C8H20Na2O. The molecule has 0 atom stereocenters. The Morgan fingerprint density at radius 3 is 1.73 bits per heavy atom. The Bertz CT molecular complexity index is 42.6. The van der Waals surface area contributed by atoms with Crippen LogP contribution in [0.2, 0.25) is 3.67 Å². The van der Waals surface area contributed by atoms with Crippen LogP contribution in [-0.4, -0.2) is 68.7 Å². The van der Waals surface area contributed by atoms with Gasteiger partial charge in [-0.25, -0.2) is 0 Å². The van der Waals surface area contributed by atoms with E-state index < -0.39 is 0 Å². The second-order valence-electron chi connectivity index (χ2n) is 2.80. The van der Waals surface area contributed by atoms with Crippen LogP contribution in [0.4, 0.5) is 0 Å². The molecule has 0 rings (SSSR count). The van der Waals surface area contributed by atoms with E-state index in [9.17, 15) is 0 Å². The quantitative estimate of drug-likeness (QED) is 0.513. The van der Waals surface area contributed by atoms with Crippen molar-refractivity contribution in [2.75, 3.05) is 0 Å². The van der Waals surface area contributed by atoms with Gasteiger partial charge in [0, 0.05) is 6.10 Å². The van der Waals surface area contributed by atoms with E-state index >= 15 is 0 Å². The van der Waals surface area contributed by atoms with Gasteiger partial charge in [-0.2, -0.15) is 0 Å². The van der Waals surface area contributed by atoms with Crippen molar-refractivity contribution in [1.82, 2.24) is 0 Å². The van der Waals surface area contributed by atoms with Gasteiger partial charge in [-0.3, -0.25) is 0 Å². The summed E-state index contributed by atoms with van der Waals surface area (Å²) in [4.78, 5) is 0. The van der Waals surface area contributed by atoms with Crippen LogP contribution in [-0.2, 0) is 0 Å². The van der Waals surface area contributed by atoms with Crippen molar-refractivity contribution in [2.24, 2.45) is 0 Å². The van der Waals surface area contributed by atoms with Crippen LogP contribution in [0.15, 0.2) is 0 Å². The van der Waals surface area contributed by atoms with Gasteiger partial charge in [-0.1, -0.05) is 0 Å². The molecule has 1 nitrogen and oxygen atoms in total. The number of rotatable bonds is 3. The predicted molar refractivity (Wildman–Crippen MR) is 54.6 cm³/mol. The fourth-order valence-corrected chi connectivity index (χ4v) is 1.000. The molecular weight excluding hydrogens is 158 g/mol. The summed E-state index contributed by atoms with van der Waals surface area (Å²) < 4.78 is 1.49. The number of aliphatic hydroxyl groups excluding tert-OH is 1. The fraction of sp³-hybridized carbons (Fsp3) is 1.00. The maximum absolute atomic E-state index is 8.06. The Morgan fingerprint density at radius 1 is 1.27 bits per heavy atom. The summed E-state index contributed by atoms with van der Waals surface area (Å²) >= 11 is 1.40. The molecule has 3 heteroatoms. The molecule has 0 aliphatic rings. The van der Waals surface area contributed by atoms with Crippen LogP contribution in [0.5, 0.6) is 0 Å². The second-order valence-corrected chi connectivity index (χ2v) is 3.80. The second kappa shape index (κ2) is 17.9. The van der Waals surface area contributed by atoms with Crippen LogP contribution in [0, 0.1) is 0 Å². The molecule has 11 heavy (non-hydrogen) atoms. The first-order chi connectivity index (χ1) is 4.65. The van der Waals surface area contributed by atoms with Gasteiger partial charge in [0.15, 0.2) is 0 Å². The zero-order valence-electron chi connectivity index (χ0n) is 7.85. The maximum atomic E-state index is 8.06. The van der Waals surface area contributed by atoms with Crippen molar-refractivity contribution in [3.05, 3.63) is 0 Å². The molecule has 0 unspecified atom stereocenters. The standard InChI is InChI=1S/C5H11.C3H8O.2Na.H/c1-3-5-4-2;1-3(2)4;;;/h1,3-5H2,2H3;3-4H,1-2H3;;;. The summed E-state index contributed by atoms with van der Waals surface area (Å²) in [5.41, 5.74) is 0. The normalized spacial score (nSPS) is 8.27. The first-order valence-electron chi connectivity index (χ1n) is 4.33. The van der Waals surface area contributed by atoms with Gasteiger partial charge < -0.3 is 5.11 Å². The SMILES string of the molecule is CC(C)O.CCCC[CH2][Na].[NaH]. The van der Waals surface area contributed by atoms with Gasteiger partial charge in [0.1, 0.15) is 0 Å². The van der Waals surface area contributed by atoms with Crippen LogP contribution in [0.25, 0.3) is 0 Å². The zero-order valence-corrected chi connectivity index (χ0v) is 9.85. The van der Waals surface area contributed by atoms with Gasteiger partial charge >= 0.3 is 87.3 Å². The van der Waals surface area contributed by atoms with E-state index in [0.717, 1.165) is 0 Å². The van der Waals surface area contributed by atoms with E-state index in [2.05, 4.69) is 6.92 Å². The van der Waals surface area contributed by atoms with E-state index in [0.29, 0.717) is 0 Å². The van der Waals surface area contributed by atoms with Gasteiger partial charge in [0.05, 0.1) is 0 Å². The molecule has 0 heterocycles. The monoisotopic (exact) mass is 178 g/mol. The Kier molecular flexibility index (Phi) is 30.4. The van der Waals surface area contributed by atoms with Gasteiger partial charge in [0.2, 0.25) is 0 Å². The summed E-state index contributed by atoms with van der Waals surface area (Å²) in [6.45, 7) is 5.69. The van der Waals surface area contributed by atoms with Crippen LogP contribution in [0.3, 0.4) is 0 Å². The molecule has 0 aliphatic carbocycles. The molecule has 0 aromatic rings. The molecule has 0 aliphatic heterocycles. The number of hydrogen-bond acceptors (Lipinski definition) is 1. The third-order valence-electron chi connectivity index (χ3n) is 0.957. The van der Waals surface area contributed by atoms with E-state index in [1.165, 1.54) is 50.9 Å². The van der Waals surface area contributed by atoms with Crippen molar-refractivity contribution >= 4 is 57.5 Å². The minimum atomic E-state index is -0.167. The third-order valence-corrected chi connectivity index (χ3v) is 1.66. The molecule has 0 radical (unpaired) electrons. The average Bonchev–Trinajstić information content (AvgIpc) is 1.82. The number of aliphatic hydroxyl groups is 1. The molecule has 0 aromatic carbocycles. The van der Waals surface area contributed by atoms with Crippen molar-refractivity contribution in [2.45, 2.75) is 49.8 Å². The third kappa shape index (κ3) is 48.2. The Labute approximate surface area is 111 Å². The summed E-state index contributed by atoms with van der Waals surface area (Å²) in [5, 5.41) is 8.06.